The molecule has 116 valence electrons. The van der Waals surface area contributed by atoms with Crippen molar-refractivity contribution in [1.82, 2.24) is 4.90 Å². The summed E-state index contributed by atoms with van der Waals surface area (Å²) in [6.45, 7) is 17.7. The number of hydrogen-bond acceptors (Lipinski definition) is 1. The largest absolute Gasteiger partial charge is 0.304 e. The zero-order valence-corrected chi connectivity index (χ0v) is 14.6. The average Bonchev–Trinajstić information content (AvgIpc) is 2.36. The highest BCUT2D eigenvalue weighted by molar-refractivity contribution is 4.66. The molecule has 1 nitrogen and oxygen atoms in total. The summed E-state index contributed by atoms with van der Waals surface area (Å²) in [6.07, 6.45) is 9.86. The fraction of sp³-hybridized carbons (Fsp3) is 1.00. The van der Waals surface area contributed by atoms with Gasteiger partial charge in [0.2, 0.25) is 0 Å². The summed E-state index contributed by atoms with van der Waals surface area (Å²) in [5.41, 5.74) is 0.510. The van der Waals surface area contributed by atoms with E-state index in [2.05, 4.69) is 46.4 Å². The van der Waals surface area contributed by atoms with Crippen LogP contribution in [0.25, 0.3) is 0 Å². The Bertz CT molecular complexity index is 188. The summed E-state index contributed by atoms with van der Waals surface area (Å²) in [7, 11) is 0. The lowest BCUT2D eigenvalue weighted by Gasteiger charge is -2.22. The Morgan fingerprint density at radius 3 is 1.95 bits per heavy atom. The summed E-state index contributed by atoms with van der Waals surface area (Å²) >= 11 is 0. The number of rotatable bonds is 11. The van der Waals surface area contributed by atoms with Crippen molar-refractivity contribution in [3.8, 4) is 0 Å². The Morgan fingerprint density at radius 2 is 1.47 bits per heavy atom. The molecule has 0 aliphatic carbocycles. The Balaban J connectivity index is 3.61. The van der Waals surface area contributed by atoms with Crippen molar-refractivity contribution in [3.05, 3.63) is 0 Å². The first kappa shape index (κ1) is 19.0. The molecule has 1 heteroatoms. The third-order valence-electron chi connectivity index (χ3n) is 4.36. The molecule has 0 rings (SSSR count). The minimum absolute atomic E-state index is 0.510. The first-order valence-corrected chi connectivity index (χ1v) is 8.65. The van der Waals surface area contributed by atoms with Crippen LogP contribution >= 0.6 is 0 Å². The van der Waals surface area contributed by atoms with Crippen molar-refractivity contribution in [2.24, 2.45) is 11.3 Å². The van der Waals surface area contributed by atoms with Crippen LogP contribution in [0.1, 0.15) is 86.5 Å². The minimum Gasteiger partial charge on any atom is -0.304 e. The summed E-state index contributed by atoms with van der Waals surface area (Å²) < 4.78 is 0. The van der Waals surface area contributed by atoms with Crippen LogP contribution < -0.4 is 0 Å². The monoisotopic (exact) mass is 269 g/mol. The van der Waals surface area contributed by atoms with E-state index in [-0.39, 0.29) is 0 Å². The van der Waals surface area contributed by atoms with Gasteiger partial charge in [0.15, 0.2) is 0 Å². The van der Waals surface area contributed by atoms with Crippen molar-refractivity contribution in [3.63, 3.8) is 0 Å². The molecule has 0 aliphatic heterocycles. The fourth-order valence-electron chi connectivity index (χ4n) is 2.67. The molecule has 0 N–H and O–H groups in total. The SMILES string of the molecule is CC[C@H](CCCCCN(CC)CC)CCC(C)(C)C. The molecular formula is C18H39N. The van der Waals surface area contributed by atoms with Gasteiger partial charge >= 0.3 is 0 Å². The first-order chi connectivity index (χ1) is 8.92. The lowest BCUT2D eigenvalue weighted by molar-refractivity contribution is 0.285. The predicted molar refractivity (Wildman–Crippen MR) is 88.7 cm³/mol. The van der Waals surface area contributed by atoms with Crippen LogP contribution in [0, 0.1) is 11.3 Å². The summed E-state index contributed by atoms with van der Waals surface area (Å²) in [4.78, 5) is 2.54. The highest BCUT2D eigenvalue weighted by Gasteiger charge is 2.14. The van der Waals surface area contributed by atoms with Gasteiger partial charge in [-0.15, -0.1) is 0 Å². The van der Waals surface area contributed by atoms with E-state index >= 15 is 0 Å². The van der Waals surface area contributed by atoms with Crippen LogP contribution in [0.5, 0.6) is 0 Å². The van der Waals surface area contributed by atoms with Crippen LogP contribution in [0.15, 0.2) is 0 Å². The maximum absolute atomic E-state index is 2.54. The molecule has 0 aromatic rings. The standard InChI is InChI=1S/C18H39N/c1-7-17(14-15-18(4,5)6)13-11-10-12-16-19(8-2)9-3/h17H,7-16H2,1-6H3/t17-/m1/s1. The van der Waals surface area contributed by atoms with E-state index in [0.717, 1.165) is 5.92 Å². The molecule has 0 saturated carbocycles. The molecule has 0 aromatic carbocycles. The van der Waals surface area contributed by atoms with Crippen molar-refractivity contribution in [2.45, 2.75) is 86.5 Å². The van der Waals surface area contributed by atoms with Gasteiger partial charge in [-0.2, -0.15) is 0 Å². The third kappa shape index (κ3) is 11.5. The molecule has 0 spiro atoms. The van der Waals surface area contributed by atoms with Crippen molar-refractivity contribution < 1.29 is 0 Å². The second-order valence-electron chi connectivity index (χ2n) is 7.25. The van der Waals surface area contributed by atoms with E-state index in [9.17, 15) is 0 Å². The van der Waals surface area contributed by atoms with Crippen molar-refractivity contribution >= 4 is 0 Å². The smallest absolute Gasteiger partial charge is 0.00190 e. The van der Waals surface area contributed by atoms with Gasteiger partial charge in [0.05, 0.1) is 0 Å². The highest BCUT2D eigenvalue weighted by Crippen LogP contribution is 2.27. The van der Waals surface area contributed by atoms with Crippen LogP contribution in [-0.2, 0) is 0 Å². The molecule has 0 fully saturated rings. The van der Waals surface area contributed by atoms with Crippen molar-refractivity contribution in [2.75, 3.05) is 19.6 Å². The van der Waals surface area contributed by atoms with Gasteiger partial charge < -0.3 is 4.90 Å². The van der Waals surface area contributed by atoms with E-state index in [1.54, 1.807) is 0 Å². The molecule has 0 heterocycles. The summed E-state index contributed by atoms with van der Waals surface area (Å²) in [5.74, 6) is 0.965. The molecular weight excluding hydrogens is 230 g/mol. The van der Waals surface area contributed by atoms with E-state index in [0.29, 0.717) is 5.41 Å². The Morgan fingerprint density at radius 1 is 0.842 bits per heavy atom. The average molecular weight is 270 g/mol. The number of hydrogen-bond donors (Lipinski definition) is 0. The maximum atomic E-state index is 2.54. The van der Waals surface area contributed by atoms with Crippen LogP contribution in [0.2, 0.25) is 0 Å². The van der Waals surface area contributed by atoms with E-state index in [1.807, 2.05) is 0 Å². The Hall–Kier alpha value is -0.0400. The van der Waals surface area contributed by atoms with Gasteiger partial charge in [-0.25, -0.2) is 0 Å². The molecule has 0 amide bonds. The van der Waals surface area contributed by atoms with E-state index in [1.165, 1.54) is 64.6 Å². The molecule has 0 bridgehead atoms. The second kappa shape index (κ2) is 10.7. The Kier molecular flexibility index (Phi) is 10.7. The third-order valence-corrected chi connectivity index (χ3v) is 4.36. The van der Waals surface area contributed by atoms with Gasteiger partial charge in [0, 0.05) is 0 Å². The first-order valence-electron chi connectivity index (χ1n) is 8.65. The molecule has 1 atom stereocenters. The maximum Gasteiger partial charge on any atom is -0.00190 e. The van der Waals surface area contributed by atoms with Crippen LogP contribution in [0.3, 0.4) is 0 Å². The number of nitrogens with zero attached hydrogens (tertiary/aromatic N) is 1. The highest BCUT2D eigenvalue weighted by atomic mass is 15.1. The fourth-order valence-corrected chi connectivity index (χ4v) is 2.67. The van der Waals surface area contributed by atoms with Gasteiger partial charge in [0.25, 0.3) is 0 Å². The topological polar surface area (TPSA) is 3.24 Å². The quantitative estimate of drug-likeness (QED) is 0.432. The van der Waals surface area contributed by atoms with Crippen LogP contribution in [-0.4, -0.2) is 24.5 Å². The zero-order chi connectivity index (χ0) is 14.7. The minimum atomic E-state index is 0.510. The molecule has 0 unspecified atom stereocenters. The Labute approximate surface area is 123 Å². The van der Waals surface area contributed by atoms with E-state index in [4.69, 9.17) is 0 Å². The van der Waals surface area contributed by atoms with Gasteiger partial charge in [0.1, 0.15) is 0 Å². The molecule has 0 radical (unpaired) electrons. The van der Waals surface area contributed by atoms with Gasteiger partial charge in [-0.1, -0.05) is 67.2 Å². The zero-order valence-electron chi connectivity index (χ0n) is 14.6. The van der Waals surface area contributed by atoms with Gasteiger partial charge in [-0.05, 0) is 50.2 Å². The van der Waals surface area contributed by atoms with E-state index < -0.39 is 0 Å². The molecule has 0 aromatic heterocycles. The molecule has 0 saturated heterocycles. The molecule has 19 heavy (non-hydrogen) atoms. The molecule has 0 aliphatic rings. The number of unbranched alkanes of at least 4 members (excludes halogenated alkanes) is 2. The predicted octanol–water partition coefficient (Wildman–Crippen LogP) is 5.74. The normalized spacial score (nSPS) is 14.1. The lowest BCUT2D eigenvalue weighted by Crippen LogP contribution is -2.23. The van der Waals surface area contributed by atoms with Gasteiger partial charge in [-0.3, -0.25) is 0 Å². The van der Waals surface area contributed by atoms with Crippen LogP contribution in [0.4, 0.5) is 0 Å². The lowest BCUT2D eigenvalue weighted by atomic mass is 9.84. The second-order valence-corrected chi connectivity index (χ2v) is 7.25. The van der Waals surface area contributed by atoms with Crippen molar-refractivity contribution in [1.29, 1.82) is 0 Å². The summed E-state index contributed by atoms with van der Waals surface area (Å²) in [6, 6.07) is 0. The summed E-state index contributed by atoms with van der Waals surface area (Å²) in [5, 5.41) is 0.